The number of hydrogen-bond donors (Lipinski definition) is 0. The second kappa shape index (κ2) is 6.32. The van der Waals surface area contributed by atoms with Crippen LogP contribution in [-0.4, -0.2) is 29.4 Å². The van der Waals surface area contributed by atoms with Crippen LogP contribution in [0, 0.1) is 12.8 Å². The zero-order valence-electron chi connectivity index (χ0n) is 14.7. The number of anilines is 2. The third kappa shape index (κ3) is 2.56. The average Bonchev–Trinajstić information content (AvgIpc) is 3.14. The quantitative estimate of drug-likeness (QED) is 0.766. The van der Waals surface area contributed by atoms with Gasteiger partial charge in [0, 0.05) is 6.92 Å². The molecule has 2 atom stereocenters. The summed E-state index contributed by atoms with van der Waals surface area (Å²) in [4.78, 5) is 39.6. The molecule has 0 unspecified atom stereocenters. The third-order valence-corrected chi connectivity index (χ3v) is 5.19. The summed E-state index contributed by atoms with van der Waals surface area (Å²) < 4.78 is 0. The van der Waals surface area contributed by atoms with Crippen LogP contribution in [0.5, 0.6) is 0 Å². The van der Waals surface area contributed by atoms with Crippen molar-refractivity contribution < 1.29 is 14.4 Å². The molecule has 2 aromatic carbocycles. The van der Waals surface area contributed by atoms with Gasteiger partial charge in [0.1, 0.15) is 17.7 Å². The lowest BCUT2D eigenvalue weighted by Crippen LogP contribution is -2.39. The highest BCUT2D eigenvalue weighted by molar-refractivity contribution is 6.49. The maximum atomic E-state index is 13.2. The SMILES string of the molecule is CC(=O)C1=NN(c2ccccc2C)[C@@H]2C(=O)N(c3ccccc3Cl)C(=O)[C@H]12. The minimum Gasteiger partial charge on any atom is -0.293 e. The number of hydrogen-bond acceptors (Lipinski definition) is 5. The van der Waals surface area contributed by atoms with Gasteiger partial charge in [-0.3, -0.25) is 19.4 Å². The molecule has 0 spiro atoms. The summed E-state index contributed by atoms with van der Waals surface area (Å²) in [6.07, 6.45) is 0. The lowest BCUT2D eigenvalue weighted by molar-refractivity contribution is -0.122. The Balaban J connectivity index is 1.85. The molecule has 1 fully saturated rings. The molecule has 0 N–H and O–H groups in total. The van der Waals surface area contributed by atoms with Gasteiger partial charge in [-0.25, -0.2) is 4.90 Å². The van der Waals surface area contributed by atoms with E-state index in [1.165, 1.54) is 11.9 Å². The van der Waals surface area contributed by atoms with Crippen molar-refractivity contribution in [3.05, 3.63) is 59.1 Å². The second-order valence-corrected chi connectivity index (χ2v) is 6.97. The topological polar surface area (TPSA) is 70.1 Å². The predicted octanol–water partition coefficient (Wildman–Crippen LogP) is 2.97. The minimum atomic E-state index is -0.939. The average molecular weight is 382 g/mol. The number of carbonyl (C=O) groups excluding carboxylic acids is 3. The number of carbonyl (C=O) groups is 3. The van der Waals surface area contributed by atoms with Crippen molar-refractivity contribution in [3.63, 3.8) is 0 Å². The molecule has 2 heterocycles. The summed E-state index contributed by atoms with van der Waals surface area (Å²) in [5.74, 6) is -2.20. The lowest BCUT2D eigenvalue weighted by atomic mass is 9.95. The molecule has 2 amide bonds. The van der Waals surface area contributed by atoms with Gasteiger partial charge in [0.2, 0.25) is 5.91 Å². The Morgan fingerprint density at radius 1 is 1.00 bits per heavy atom. The minimum absolute atomic E-state index is 0.0937. The van der Waals surface area contributed by atoms with Crippen molar-refractivity contribution in [1.29, 1.82) is 0 Å². The van der Waals surface area contributed by atoms with Crippen molar-refractivity contribution in [1.82, 2.24) is 0 Å². The number of rotatable bonds is 3. The van der Waals surface area contributed by atoms with E-state index < -0.39 is 23.8 Å². The Morgan fingerprint density at radius 3 is 2.26 bits per heavy atom. The van der Waals surface area contributed by atoms with E-state index in [0.717, 1.165) is 10.5 Å². The van der Waals surface area contributed by atoms with Gasteiger partial charge in [-0.1, -0.05) is 41.9 Å². The van der Waals surface area contributed by atoms with Crippen LogP contribution in [0.1, 0.15) is 12.5 Å². The number of fused-ring (bicyclic) bond motifs is 1. The first-order chi connectivity index (χ1) is 12.9. The van der Waals surface area contributed by atoms with Crippen LogP contribution in [0.4, 0.5) is 11.4 Å². The largest absolute Gasteiger partial charge is 0.293 e. The number of benzene rings is 2. The van der Waals surface area contributed by atoms with Crippen LogP contribution in [-0.2, 0) is 14.4 Å². The summed E-state index contributed by atoms with van der Waals surface area (Å²) in [7, 11) is 0. The maximum Gasteiger partial charge on any atom is 0.259 e. The highest BCUT2D eigenvalue weighted by Crippen LogP contribution is 2.40. The normalized spacial score (nSPS) is 21.5. The predicted molar refractivity (Wildman–Crippen MR) is 103 cm³/mol. The van der Waals surface area contributed by atoms with Crippen LogP contribution >= 0.6 is 11.6 Å². The fourth-order valence-electron chi connectivity index (χ4n) is 3.59. The van der Waals surface area contributed by atoms with E-state index in [9.17, 15) is 14.4 Å². The zero-order chi connectivity index (χ0) is 19.3. The van der Waals surface area contributed by atoms with E-state index in [4.69, 9.17) is 11.6 Å². The van der Waals surface area contributed by atoms with Crippen LogP contribution in [0.3, 0.4) is 0 Å². The number of imide groups is 1. The molecule has 6 nitrogen and oxygen atoms in total. The fraction of sp³-hybridized carbons (Fsp3) is 0.200. The van der Waals surface area contributed by atoms with E-state index in [1.807, 2.05) is 31.2 Å². The van der Waals surface area contributed by atoms with Crippen LogP contribution in [0.25, 0.3) is 0 Å². The second-order valence-electron chi connectivity index (χ2n) is 6.56. The summed E-state index contributed by atoms with van der Waals surface area (Å²) in [6, 6.07) is 13.2. The standard InChI is InChI=1S/C20H16ClN3O3/c1-11-7-3-5-9-14(11)24-18-16(17(22-24)12(2)25)19(26)23(20(18)27)15-10-6-4-8-13(15)21/h3-10,16,18H,1-2H3/t16-,18+/m1/s1. The first-order valence-corrected chi connectivity index (χ1v) is 8.86. The number of para-hydroxylation sites is 2. The Morgan fingerprint density at radius 2 is 1.63 bits per heavy atom. The fourth-order valence-corrected chi connectivity index (χ4v) is 3.81. The molecule has 0 aliphatic carbocycles. The molecule has 4 rings (SSSR count). The van der Waals surface area contributed by atoms with Gasteiger partial charge in [-0.05, 0) is 30.7 Å². The molecule has 2 aliphatic rings. The van der Waals surface area contributed by atoms with Crippen molar-refractivity contribution in [2.75, 3.05) is 9.91 Å². The summed E-state index contributed by atoms with van der Waals surface area (Å²) >= 11 is 6.21. The van der Waals surface area contributed by atoms with Crippen LogP contribution < -0.4 is 9.91 Å². The molecule has 7 heteroatoms. The molecule has 2 aliphatic heterocycles. The van der Waals surface area contributed by atoms with Crippen molar-refractivity contribution in [3.8, 4) is 0 Å². The molecular weight excluding hydrogens is 366 g/mol. The van der Waals surface area contributed by atoms with Crippen molar-refractivity contribution in [2.45, 2.75) is 19.9 Å². The smallest absolute Gasteiger partial charge is 0.259 e. The summed E-state index contributed by atoms with van der Waals surface area (Å²) in [5, 5.41) is 6.14. The Bertz CT molecular complexity index is 1020. The van der Waals surface area contributed by atoms with Gasteiger partial charge >= 0.3 is 0 Å². The Kier molecular flexibility index (Phi) is 4.08. The third-order valence-electron chi connectivity index (χ3n) is 4.87. The number of amides is 2. The molecular formula is C20H16ClN3O3. The molecule has 0 aromatic heterocycles. The van der Waals surface area contributed by atoms with Gasteiger partial charge in [-0.2, -0.15) is 5.10 Å². The highest BCUT2D eigenvalue weighted by Gasteiger charge is 2.58. The van der Waals surface area contributed by atoms with E-state index in [0.29, 0.717) is 16.4 Å². The van der Waals surface area contributed by atoms with Crippen LogP contribution in [0.15, 0.2) is 53.6 Å². The molecule has 0 saturated carbocycles. The molecule has 0 radical (unpaired) electrons. The van der Waals surface area contributed by atoms with Crippen molar-refractivity contribution >= 4 is 46.3 Å². The van der Waals surface area contributed by atoms with E-state index in [2.05, 4.69) is 5.10 Å². The van der Waals surface area contributed by atoms with Gasteiger partial charge in [0.15, 0.2) is 5.78 Å². The number of halogens is 1. The molecule has 0 bridgehead atoms. The number of nitrogens with zero attached hydrogens (tertiary/aromatic N) is 3. The van der Waals surface area contributed by atoms with E-state index >= 15 is 0 Å². The van der Waals surface area contributed by atoms with Gasteiger partial charge < -0.3 is 0 Å². The first-order valence-electron chi connectivity index (χ1n) is 8.48. The van der Waals surface area contributed by atoms with E-state index in [1.54, 1.807) is 24.3 Å². The zero-order valence-corrected chi connectivity index (χ0v) is 15.5. The highest BCUT2D eigenvalue weighted by atomic mass is 35.5. The lowest BCUT2D eigenvalue weighted by Gasteiger charge is -2.23. The number of hydrazone groups is 1. The monoisotopic (exact) mass is 381 g/mol. The van der Waals surface area contributed by atoms with Gasteiger partial charge in [0.05, 0.1) is 16.4 Å². The maximum absolute atomic E-state index is 13.2. The molecule has 2 aromatic rings. The van der Waals surface area contributed by atoms with Gasteiger partial charge in [0.25, 0.3) is 5.91 Å². The number of ketones is 1. The molecule has 136 valence electrons. The number of aryl methyl sites for hydroxylation is 1. The summed E-state index contributed by atoms with van der Waals surface area (Å²) in [5.41, 5.74) is 1.99. The number of Topliss-reactive ketones (excluding diaryl/α,β-unsaturated/α-hetero) is 1. The van der Waals surface area contributed by atoms with Crippen molar-refractivity contribution in [2.24, 2.45) is 11.0 Å². The van der Waals surface area contributed by atoms with Gasteiger partial charge in [-0.15, -0.1) is 0 Å². The summed E-state index contributed by atoms with van der Waals surface area (Å²) in [6.45, 7) is 3.24. The van der Waals surface area contributed by atoms with Crippen LogP contribution in [0.2, 0.25) is 5.02 Å². The molecule has 27 heavy (non-hydrogen) atoms. The Labute approximate surface area is 161 Å². The van der Waals surface area contributed by atoms with E-state index in [-0.39, 0.29) is 11.5 Å². The first kappa shape index (κ1) is 17.4. The molecule has 1 saturated heterocycles. The Hall–Kier alpha value is -2.99.